The highest BCUT2D eigenvalue weighted by Crippen LogP contribution is 2.42. The van der Waals surface area contributed by atoms with E-state index in [1.807, 2.05) is 0 Å². The topological polar surface area (TPSA) is 0 Å². The lowest BCUT2D eigenvalue weighted by Gasteiger charge is -2.38. The monoisotopic (exact) mass is 356 g/mol. The van der Waals surface area contributed by atoms with E-state index in [1.165, 1.54) is 31.2 Å². The van der Waals surface area contributed by atoms with Crippen molar-refractivity contribution in [3.8, 4) is 0 Å². The van der Waals surface area contributed by atoms with Crippen LogP contribution in [0.4, 0.5) is 0 Å². The van der Waals surface area contributed by atoms with Crippen LogP contribution in [0.1, 0.15) is 52.0 Å². The molecule has 2 rings (SSSR count). The minimum Gasteiger partial charge on any atom is -0.122 e. The summed E-state index contributed by atoms with van der Waals surface area (Å²) < 4.78 is 1.15. The van der Waals surface area contributed by atoms with Gasteiger partial charge in [-0.25, -0.2) is 0 Å². The summed E-state index contributed by atoms with van der Waals surface area (Å²) in [6, 6.07) is 8.54. The molecule has 1 unspecified atom stereocenters. The predicted octanol–water partition coefficient (Wildman–Crippen LogP) is 6.45. The normalized spacial score (nSPS) is 25.4. The Morgan fingerprint density at radius 3 is 2.40 bits per heavy atom. The molecule has 1 aromatic rings. The molecule has 0 spiro atoms. The number of alkyl halides is 1. The molecule has 0 heterocycles. The Labute approximate surface area is 137 Å². The maximum absolute atomic E-state index is 6.69. The average molecular weight is 358 g/mol. The summed E-state index contributed by atoms with van der Waals surface area (Å²) in [6.45, 7) is 7.12. The van der Waals surface area contributed by atoms with Crippen molar-refractivity contribution < 1.29 is 0 Å². The third-order valence-corrected chi connectivity index (χ3v) is 5.83. The van der Waals surface area contributed by atoms with Crippen LogP contribution in [-0.4, -0.2) is 5.38 Å². The van der Waals surface area contributed by atoms with Crippen molar-refractivity contribution >= 4 is 27.5 Å². The smallest absolute Gasteiger partial charge is 0.0404 e. The largest absolute Gasteiger partial charge is 0.122 e. The van der Waals surface area contributed by atoms with Gasteiger partial charge in [-0.05, 0) is 67.1 Å². The van der Waals surface area contributed by atoms with Gasteiger partial charge in [0.2, 0.25) is 0 Å². The Hall–Kier alpha value is -0.0100. The lowest BCUT2D eigenvalue weighted by Crippen LogP contribution is -2.29. The van der Waals surface area contributed by atoms with Gasteiger partial charge in [0.15, 0.2) is 0 Å². The molecule has 20 heavy (non-hydrogen) atoms. The third-order valence-electron chi connectivity index (χ3n) is 4.83. The molecule has 1 aliphatic carbocycles. The number of rotatable bonds is 3. The van der Waals surface area contributed by atoms with E-state index < -0.39 is 0 Å². The van der Waals surface area contributed by atoms with Gasteiger partial charge in [-0.3, -0.25) is 0 Å². The Morgan fingerprint density at radius 1 is 1.20 bits per heavy atom. The van der Waals surface area contributed by atoms with E-state index >= 15 is 0 Å². The molecule has 0 amide bonds. The van der Waals surface area contributed by atoms with Crippen LogP contribution >= 0.6 is 27.5 Å². The van der Waals surface area contributed by atoms with Gasteiger partial charge in [-0.1, -0.05) is 48.8 Å². The lowest BCUT2D eigenvalue weighted by atomic mass is 9.69. The molecule has 0 nitrogen and oxygen atoms in total. The Morgan fingerprint density at radius 2 is 1.85 bits per heavy atom. The molecule has 0 aliphatic heterocycles. The number of hydrogen-bond acceptors (Lipinski definition) is 0. The van der Waals surface area contributed by atoms with Crippen molar-refractivity contribution in [1.82, 2.24) is 0 Å². The molecule has 1 atom stereocenters. The highest BCUT2D eigenvalue weighted by Gasteiger charge is 2.32. The molecule has 112 valence electrons. The number of hydrogen-bond donors (Lipinski definition) is 0. The molecule has 2 heteroatoms. The van der Waals surface area contributed by atoms with Gasteiger partial charge in [0.1, 0.15) is 0 Å². The van der Waals surface area contributed by atoms with Gasteiger partial charge in [-0.2, -0.15) is 0 Å². The highest BCUT2D eigenvalue weighted by molar-refractivity contribution is 9.10. The van der Waals surface area contributed by atoms with Gasteiger partial charge >= 0.3 is 0 Å². The van der Waals surface area contributed by atoms with Crippen molar-refractivity contribution in [1.29, 1.82) is 0 Å². The van der Waals surface area contributed by atoms with Crippen LogP contribution < -0.4 is 0 Å². The Balaban J connectivity index is 1.87. The molecule has 1 saturated carbocycles. The third kappa shape index (κ3) is 4.49. The highest BCUT2D eigenvalue weighted by atomic mass is 79.9. The van der Waals surface area contributed by atoms with E-state index in [9.17, 15) is 0 Å². The molecule has 0 saturated heterocycles. The summed E-state index contributed by atoms with van der Waals surface area (Å²) >= 11 is 10.2. The summed E-state index contributed by atoms with van der Waals surface area (Å²) in [4.78, 5) is 0. The fourth-order valence-corrected chi connectivity index (χ4v) is 4.28. The molecule has 0 N–H and O–H groups in total. The average Bonchev–Trinajstić information content (AvgIpc) is 2.38. The number of benzene rings is 1. The summed E-state index contributed by atoms with van der Waals surface area (Å²) in [5.41, 5.74) is 1.80. The van der Waals surface area contributed by atoms with E-state index in [2.05, 4.69) is 61.0 Å². The fraction of sp³-hybridized carbons (Fsp3) is 0.667. The van der Waals surface area contributed by atoms with Gasteiger partial charge < -0.3 is 0 Å². The second-order valence-corrected chi connectivity index (χ2v) is 8.80. The molecule has 1 aromatic carbocycles. The van der Waals surface area contributed by atoms with Gasteiger partial charge in [0, 0.05) is 9.85 Å². The summed E-state index contributed by atoms with van der Waals surface area (Å²) in [5.74, 6) is 1.56. The van der Waals surface area contributed by atoms with Crippen LogP contribution in [0, 0.1) is 17.3 Å². The zero-order valence-corrected chi connectivity index (χ0v) is 15.2. The molecular weight excluding hydrogens is 332 g/mol. The van der Waals surface area contributed by atoms with E-state index in [0.717, 1.165) is 16.8 Å². The zero-order valence-electron chi connectivity index (χ0n) is 12.8. The molecule has 0 radical (unpaired) electrons. The van der Waals surface area contributed by atoms with Gasteiger partial charge in [0.25, 0.3) is 0 Å². The maximum Gasteiger partial charge on any atom is 0.0404 e. The fourth-order valence-electron chi connectivity index (χ4n) is 3.40. The summed E-state index contributed by atoms with van der Waals surface area (Å²) in [7, 11) is 0. The van der Waals surface area contributed by atoms with Crippen LogP contribution in [0.25, 0.3) is 0 Å². The van der Waals surface area contributed by atoms with Crippen molar-refractivity contribution in [3.05, 3.63) is 34.3 Å². The Kier molecular flexibility index (Phi) is 5.59. The van der Waals surface area contributed by atoms with E-state index in [-0.39, 0.29) is 5.38 Å². The van der Waals surface area contributed by atoms with Crippen molar-refractivity contribution in [2.45, 2.75) is 58.3 Å². The SMILES string of the molecule is CC(C)(C)C1CCC(C(Cl)Cc2cccc(Br)c2)CC1. The van der Waals surface area contributed by atoms with Gasteiger partial charge in [0.05, 0.1) is 0 Å². The van der Waals surface area contributed by atoms with Gasteiger partial charge in [-0.15, -0.1) is 11.6 Å². The van der Waals surface area contributed by atoms with Crippen molar-refractivity contribution in [2.75, 3.05) is 0 Å². The quantitative estimate of drug-likeness (QED) is 0.545. The van der Waals surface area contributed by atoms with Crippen LogP contribution in [0.3, 0.4) is 0 Å². The number of halogens is 2. The first kappa shape index (κ1) is 16.4. The molecule has 1 fully saturated rings. The summed E-state index contributed by atoms with van der Waals surface area (Å²) in [6.07, 6.45) is 6.27. The van der Waals surface area contributed by atoms with E-state index in [4.69, 9.17) is 11.6 Å². The second kappa shape index (κ2) is 6.83. The molecule has 0 bridgehead atoms. The van der Waals surface area contributed by atoms with Crippen molar-refractivity contribution in [3.63, 3.8) is 0 Å². The predicted molar refractivity (Wildman–Crippen MR) is 92.4 cm³/mol. The van der Waals surface area contributed by atoms with Crippen molar-refractivity contribution in [2.24, 2.45) is 17.3 Å². The van der Waals surface area contributed by atoms with E-state index in [1.54, 1.807) is 0 Å². The van der Waals surface area contributed by atoms with Crippen LogP contribution in [0.15, 0.2) is 28.7 Å². The lowest BCUT2D eigenvalue weighted by molar-refractivity contribution is 0.148. The maximum atomic E-state index is 6.69. The standard InChI is InChI=1S/C18H26BrCl/c1-18(2,3)15-9-7-14(8-10-15)17(20)12-13-5-4-6-16(19)11-13/h4-6,11,14-15,17H,7-10,12H2,1-3H3. The van der Waals surface area contributed by atoms with E-state index in [0.29, 0.717) is 11.3 Å². The summed E-state index contributed by atoms with van der Waals surface area (Å²) in [5, 5.41) is 0.283. The van der Waals surface area contributed by atoms with Crippen LogP contribution in [0.2, 0.25) is 0 Å². The second-order valence-electron chi connectivity index (χ2n) is 7.33. The zero-order chi connectivity index (χ0) is 14.8. The van der Waals surface area contributed by atoms with Crippen LogP contribution in [-0.2, 0) is 6.42 Å². The Bertz CT molecular complexity index is 427. The first-order valence-corrected chi connectivity index (χ1v) is 8.97. The van der Waals surface area contributed by atoms with Crippen LogP contribution in [0.5, 0.6) is 0 Å². The first-order valence-electron chi connectivity index (χ1n) is 7.75. The molecule has 0 aromatic heterocycles. The minimum atomic E-state index is 0.283. The molecule has 1 aliphatic rings. The molecular formula is C18H26BrCl. The first-order chi connectivity index (χ1) is 9.36. The minimum absolute atomic E-state index is 0.283.